The van der Waals surface area contributed by atoms with Crippen LogP contribution in [0.1, 0.15) is 60.8 Å². The van der Waals surface area contributed by atoms with Crippen LogP contribution in [0.15, 0.2) is 23.3 Å². The molecular weight excluding hydrogens is 208 g/mol. The third kappa shape index (κ3) is 9.17. The van der Waals surface area contributed by atoms with Gasteiger partial charge in [-0.3, -0.25) is 0 Å². The second kappa shape index (κ2) is 7.71. The van der Waals surface area contributed by atoms with Crippen molar-refractivity contribution < 1.29 is 5.11 Å². The van der Waals surface area contributed by atoms with E-state index >= 15 is 0 Å². The largest absolute Gasteiger partial charge is 0.392 e. The Bertz CT molecular complexity index is 269. The van der Waals surface area contributed by atoms with Crippen LogP contribution in [0.2, 0.25) is 0 Å². The van der Waals surface area contributed by atoms with Crippen LogP contribution >= 0.6 is 0 Å². The van der Waals surface area contributed by atoms with Gasteiger partial charge in [-0.05, 0) is 44.4 Å². The van der Waals surface area contributed by atoms with Crippen LogP contribution in [0.4, 0.5) is 0 Å². The van der Waals surface area contributed by atoms with E-state index in [9.17, 15) is 0 Å². The molecule has 0 aromatic carbocycles. The fourth-order valence-electron chi connectivity index (χ4n) is 2.23. The highest BCUT2D eigenvalue weighted by atomic mass is 16.2. The lowest BCUT2D eigenvalue weighted by molar-refractivity contribution is 0.335. The molecule has 1 heteroatoms. The second-order valence-electron chi connectivity index (χ2n) is 6.43. The minimum atomic E-state index is 0.157. The molecule has 0 aliphatic carbocycles. The fourth-order valence-corrected chi connectivity index (χ4v) is 2.23. The summed E-state index contributed by atoms with van der Waals surface area (Å²) in [7, 11) is 0. The maximum atomic E-state index is 8.86. The van der Waals surface area contributed by atoms with Gasteiger partial charge >= 0.3 is 0 Å². The molecule has 0 aromatic heterocycles. The highest BCUT2D eigenvalue weighted by Gasteiger charge is 2.16. The highest BCUT2D eigenvalue weighted by Crippen LogP contribution is 2.30. The van der Waals surface area contributed by atoms with Crippen LogP contribution in [0.3, 0.4) is 0 Å². The van der Waals surface area contributed by atoms with Crippen molar-refractivity contribution in [1.29, 1.82) is 0 Å². The molecule has 0 aliphatic heterocycles. The van der Waals surface area contributed by atoms with E-state index in [1.165, 1.54) is 17.6 Å². The third-order valence-corrected chi connectivity index (χ3v) is 2.93. The zero-order valence-electron chi connectivity index (χ0n) is 12.5. The Morgan fingerprint density at radius 3 is 2.18 bits per heavy atom. The lowest BCUT2D eigenvalue weighted by atomic mass is 9.82. The number of aliphatic hydroxyl groups is 1. The Balaban J connectivity index is 4.30. The molecule has 0 saturated heterocycles. The van der Waals surface area contributed by atoms with E-state index in [0.717, 1.165) is 18.8 Å². The summed E-state index contributed by atoms with van der Waals surface area (Å²) < 4.78 is 0. The van der Waals surface area contributed by atoms with Gasteiger partial charge in [0, 0.05) is 0 Å². The predicted octanol–water partition coefficient (Wildman–Crippen LogP) is 4.72. The van der Waals surface area contributed by atoms with E-state index in [0.29, 0.717) is 0 Å². The molecular formula is C16H30O. The van der Waals surface area contributed by atoms with Crippen molar-refractivity contribution >= 4 is 0 Å². The van der Waals surface area contributed by atoms with Crippen LogP contribution in [0.5, 0.6) is 0 Å². The lowest BCUT2D eigenvalue weighted by Crippen LogP contribution is -2.11. The van der Waals surface area contributed by atoms with Gasteiger partial charge in [0.15, 0.2) is 0 Å². The molecule has 17 heavy (non-hydrogen) atoms. The first-order valence-electron chi connectivity index (χ1n) is 6.69. The summed E-state index contributed by atoms with van der Waals surface area (Å²) in [4.78, 5) is 0. The minimum Gasteiger partial charge on any atom is -0.392 e. The Morgan fingerprint density at radius 1 is 1.12 bits per heavy atom. The first-order chi connectivity index (χ1) is 7.76. The summed E-state index contributed by atoms with van der Waals surface area (Å²) in [6.07, 6.45) is 7.65. The minimum absolute atomic E-state index is 0.157. The molecule has 0 rings (SSSR count). The Kier molecular flexibility index (Phi) is 7.45. The zero-order chi connectivity index (χ0) is 13.5. The molecule has 0 atom stereocenters. The van der Waals surface area contributed by atoms with Gasteiger partial charge in [-0.2, -0.15) is 0 Å². The van der Waals surface area contributed by atoms with Gasteiger partial charge < -0.3 is 5.11 Å². The van der Waals surface area contributed by atoms with E-state index in [1.807, 2.05) is 6.08 Å². The molecule has 0 unspecified atom stereocenters. The quantitative estimate of drug-likeness (QED) is 0.636. The molecule has 1 N–H and O–H groups in total. The van der Waals surface area contributed by atoms with E-state index in [1.54, 1.807) is 0 Å². The molecule has 0 fully saturated rings. The Hall–Kier alpha value is -0.560. The summed E-state index contributed by atoms with van der Waals surface area (Å²) in [5.41, 5.74) is 3.07. The monoisotopic (exact) mass is 238 g/mol. The van der Waals surface area contributed by atoms with Crippen LogP contribution in [-0.2, 0) is 0 Å². The maximum Gasteiger partial charge on any atom is 0.0614 e. The van der Waals surface area contributed by atoms with Gasteiger partial charge in [0.1, 0.15) is 0 Å². The molecule has 0 spiro atoms. The Labute approximate surface area is 108 Å². The average molecular weight is 238 g/mol. The molecule has 0 radical (unpaired) electrons. The molecule has 0 amide bonds. The normalized spacial score (nSPS) is 14.6. The number of rotatable bonds is 7. The van der Waals surface area contributed by atoms with Crippen molar-refractivity contribution in [2.24, 2.45) is 11.3 Å². The van der Waals surface area contributed by atoms with E-state index < -0.39 is 0 Å². The summed E-state index contributed by atoms with van der Waals surface area (Å²) in [5.74, 6) is 0.741. The molecule has 100 valence electrons. The van der Waals surface area contributed by atoms with Crippen LogP contribution < -0.4 is 0 Å². The van der Waals surface area contributed by atoms with Crippen LogP contribution in [-0.4, -0.2) is 11.7 Å². The van der Waals surface area contributed by atoms with Crippen LogP contribution in [0.25, 0.3) is 0 Å². The summed E-state index contributed by atoms with van der Waals surface area (Å²) in [6.45, 7) is 13.6. The SMILES string of the molecule is CC(=CCC(C)(C)CC(C)=CCO)CC(C)C. The van der Waals surface area contributed by atoms with Crippen molar-refractivity contribution in [3.05, 3.63) is 23.3 Å². The standard InChI is InChI=1S/C16H30O/c1-13(2)11-14(3)7-9-16(5,6)12-15(4)8-10-17/h7-8,13,17H,9-12H2,1-6H3. The molecule has 0 saturated carbocycles. The number of hydrogen-bond donors (Lipinski definition) is 1. The zero-order valence-corrected chi connectivity index (χ0v) is 12.5. The van der Waals surface area contributed by atoms with Crippen molar-refractivity contribution in [2.45, 2.75) is 60.8 Å². The molecule has 0 bridgehead atoms. The van der Waals surface area contributed by atoms with Crippen molar-refractivity contribution in [3.8, 4) is 0 Å². The highest BCUT2D eigenvalue weighted by molar-refractivity contribution is 5.05. The van der Waals surface area contributed by atoms with E-state index in [-0.39, 0.29) is 12.0 Å². The summed E-state index contributed by atoms with van der Waals surface area (Å²) in [6, 6.07) is 0. The summed E-state index contributed by atoms with van der Waals surface area (Å²) in [5, 5.41) is 8.86. The average Bonchev–Trinajstić information content (AvgIpc) is 2.13. The van der Waals surface area contributed by atoms with E-state index in [2.05, 4.69) is 47.6 Å². The lowest BCUT2D eigenvalue weighted by Gasteiger charge is -2.24. The molecule has 1 nitrogen and oxygen atoms in total. The third-order valence-electron chi connectivity index (χ3n) is 2.93. The first kappa shape index (κ1) is 16.4. The predicted molar refractivity (Wildman–Crippen MR) is 77.1 cm³/mol. The Morgan fingerprint density at radius 2 is 1.71 bits per heavy atom. The number of aliphatic hydroxyl groups excluding tert-OH is 1. The molecule has 0 heterocycles. The molecule has 0 aromatic rings. The van der Waals surface area contributed by atoms with Crippen LogP contribution in [0, 0.1) is 11.3 Å². The smallest absolute Gasteiger partial charge is 0.0614 e. The van der Waals surface area contributed by atoms with Gasteiger partial charge in [0.2, 0.25) is 0 Å². The van der Waals surface area contributed by atoms with Gasteiger partial charge in [-0.25, -0.2) is 0 Å². The van der Waals surface area contributed by atoms with Crippen molar-refractivity contribution in [3.63, 3.8) is 0 Å². The maximum absolute atomic E-state index is 8.86. The van der Waals surface area contributed by atoms with Crippen molar-refractivity contribution in [1.82, 2.24) is 0 Å². The van der Waals surface area contributed by atoms with E-state index in [4.69, 9.17) is 5.11 Å². The topological polar surface area (TPSA) is 20.2 Å². The second-order valence-corrected chi connectivity index (χ2v) is 6.43. The number of allylic oxidation sites excluding steroid dienone is 3. The summed E-state index contributed by atoms with van der Waals surface area (Å²) >= 11 is 0. The number of hydrogen-bond acceptors (Lipinski definition) is 1. The first-order valence-corrected chi connectivity index (χ1v) is 6.69. The van der Waals surface area contributed by atoms with Gasteiger partial charge in [0.25, 0.3) is 0 Å². The fraction of sp³-hybridized carbons (Fsp3) is 0.750. The van der Waals surface area contributed by atoms with Gasteiger partial charge in [-0.15, -0.1) is 0 Å². The van der Waals surface area contributed by atoms with Gasteiger partial charge in [-0.1, -0.05) is 51.0 Å². The van der Waals surface area contributed by atoms with Gasteiger partial charge in [0.05, 0.1) is 6.61 Å². The molecule has 0 aliphatic rings. The van der Waals surface area contributed by atoms with Crippen molar-refractivity contribution in [2.75, 3.05) is 6.61 Å².